The smallest absolute Gasteiger partial charge is 0.337 e. The monoisotopic (exact) mass is 342 g/mol. The molecule has 0 aromatic heterocycles. The van der Waals surface area contributed by atoms with Crippen molar-refractivity contribution in [3.05, 3.63) is 59.4 Å². The summed E-state index contributed by atoms with van der Waals surface area (Å²) in [6.45, 7) is 0. The van der Waals surface area contributed by atoms with E-state index in [2.05, 4.69) is 15.4 Å². The van der Waals surface area contributed by atoms with E-state index < -0.39 is 23.6 Å². The molecule has 3 rings (SSSR count). The van der Waals surface area contributed by atoms with E-state index in [9.17, 15) is 18.8 Å². The fraction of sp³-hybridized carbons (Fsp3) is 0.167. The minimum atomic E-state index is -0.744. The molecule has 6 nitrogen and oxygen atoms in total. The van der Waals surface area contributed by atoms with Gasteiger partial charge in [0.05, 0.1) is 18.6 Å². The minimum Gasteiger partial charge on any atom is -0.465 e. The molecule has 1 aliphatic rings. The van der Waals surface area contributed by atoms with Crippen LogP contribution in [0.25, 0.3) is 0 Å². The Bertz CT molecular complexity index is 866. The molecular weight excluding hydrogens is 327 g/mol. The van der Waals surface area contributed by atoms with E-state index in [4.69, 9.17) is 0 Å². The van der Waals surface area contributed by atoms with Crippen LogP contribution in [-0.4, -0.2) is 24.9 Å². The van der Waals surface area contributed by atoms with Crippen molar-refractivity contribution in [3.8, 4) is 0 Å². The molecule has 0 fully saturated rings. The molecule has 0 aliphatic carbocycles. The molecule has 0 bridgehead atoms. The van der Waals surface area contributed by atoms with Crippen molar-refractivity contribution >= 4 is 29.2 Å². The number of fused-ring (bicyclic) bond motifs is 1. The molecule has 0 saturated heterocycles. The van der Waals surface area contributed by atoms with Gasteiger partial charge in [-0.2, -0.15) is 0 Å². The van der Waals surface area contributed by atoms with Crippen LogP contribution in [0.1, 0.15) is 28.3 Å². The zero-order valence-electron chi connectivity index (χ0n) is 13.3. The van der Waals surface area contributed by atoms with Crippen molar-refractivity contribution in [2.45, 2.75) is 12.3 Å². The maximum Gasteiger partial charge on any atom is 0.337 e. The number of amides is 2. The number of nitrogens with one attached hydrogen (secondary N) is 2. The second-order valence-corrected chi connectivity index (χ2v) is 5.60. The second-order valence-electron chi connectivity index (χ2n) is 5.60. The second kappa shape index (κ2) is 6.72. The van der Waals surface area contributed by atoms with Crippen molar-refractivity contribution < 1.29 is 23.5 Å². The molecule has 1 heterocycles. The lowest BCUT2D eigenvalue weighted by molar-refractivity contribution is -0.123. The minimum absolute atomic E-state index is 0.0405. The van der Waals surface area contributed by atoms with Gasteiger partial charge in [0.1, 0.15) is 5.82 Å². The number of esters is 1. The highest BCUT2D eigenvalue weighted by Gasteiger charge is 2.31. The molecule has 0 saturated carbocycles. The Morgan fingerprint density at radius 2 is 2.04 bits per heavy atom. The van der Waals surface area contributed by atoms with Gasteiger partial charge in [-0.1, -0.05) is 12.1 Å². The predicted molar refractivity (Wildman–Crippen MR) is 88.8 cm³/mol. The summed E-state index contributed by atoms with van der Waals surface area (Å²) in [5, 5.41) is 5.25. The summed E-state index contributed by atoms with van der Waals surface area (Å²) < 4.78 is 18.0. The molecule has 2 amide bonds. The highest BCUT2D eigenvalue weighted by Crippen LogP contribution is 2.33. The van der Waals surface area contributed by atoms with Gasteiger partial charge in [-0.05, 0) is 35.9 Å². The van der Waals surface area contributed by atoms with E-state index in [1.807, 2.05) is 0 Å². The zero-order chi connectivity index (χ0) is 18.0. The van der Waals surface area contributed by atoms with Crippen LogP contribution in [0.4, 0.5) is 15.8 Å². The number of ether oxygens (including phenoxy) is 1. The van der Waals surface area contributed by atoms with Crippen LogP contribution in [0, 0.1) is 5.82 Å². The van der Waals surface area contributed by atoms with E-state index in [1.54, 1.807) is 18.2 Å². The van der Waals surface area contributed by atoms with Crippen molar-refractivity contribution in [2.75, 3.05) is 17.7 Å². The van der Waals surface area contributed by atoms with E-state index in [1.165, 1.54) is 31.4 Å². The molecule has 0 unspecified atom stereocenters. The Balaban J connectivity index is 1.85. The Labute approximate surface area is 143 Å². The highest BCUT2D eigenvalue weighted by atomic mass is 19.1. The van der Waals surface area contributed by atoms with Crippen LogP contribution < -0.4 is 10.6 Å². The number of benzene rings is 2. The van der Waals surface area contributed by atoms with Gasteiger partial charge in [0.2, 0.25) is 11.8 Å². The molecule has 2 N–H and O–H groups in total. The predicted octanol–water partition coefficient (Wildman–Crippen LogP) is 2.68. The Morgan fingerprint density at radius 1 is 1.24 bits per heavy atom. The van der Waals surface area contributed by atoms with Crippen LogP contribution in [0.5, 0.6) is 0 Å². The van der Waals surface area contributed by atoms with Crippen LogP contribution in [-0.2, 0) is 14.3 Å². The molecule has 128 valence electrons. The van der Waals surface area contributed by atoms with E-state index in [-0.39, 0.29) is 12.3 Å². The molecule has 1 atom stereocenters. The van der Waals surface area contributed by atoms with E-state index in [0.717, 1.165) is 0 Å². The highest BCUT2D eigenvalue weighted by molar-refractivity contribution is 6.05. The molecule has 0 radical (unpaired) electrons. The third-order valence-electron chi connectivity index (χ3n) is 3.92. The number of rotatable bonds is 3. The first kappa shape index (κ1) is 16.6. The van der Waals surface area contributed by atoms with Gasteiger partial charge in [-0.15, -0.1) is 0 Å². The lowest BCUT2D eigenvalue weighted by atomic mass is 9.89. The van der Waals surface area contributed by atoms with Gasteiger partial charge < -0.3 is 15.4 Å². The van der Waals surface area contributed by atoms with Crippen molar-refractivity contribution in [1.82, 2.24) is 0 Å². The third-order valence-corrected chi connectivity index (χ3v) is 3.92. The van der Waals surface area contributed by atoms with Crippen LogP contribution in [0.15, 0.2) is 42.5 Å². The van der Waals surface area contributed by atoms with E-state index >= 15 is 0 Å². The fourth-order valence-corrected chi connectivity index (χ4v) is 2.74. The Morgan fingerprint density at radius 3 is 2.80 bits per heavy atom. The Hall–Kier alpha value is -3.22. The summed E-state index contributed by atoms with van der Waals surface area (Å²) in [6, 6.07) is 10.2. The summed E-state index contributed by atoms with van der Waals surface area (Å²) in [5.74, 6) is -2.53. The average molecular weight is 342 g/mol. The van der Waals surface area contributed by atoms with Crippen LogP contribution in [0.2, 0.25) is 0 Å². The van der Waals surface area contributed by atoms with Gasteiger partial charge in [0, 0.05) is 17.8 Å². The average Bonchev–Trinajstić information content (AvgIpc) is 2.60. The first-order valence-corrected chi connectivity index (χ1v) is 7.56. The Kier molecular flexibility index (Phi) is 4.47. The summed E-state index contributed by atoms with van der Waals surface area (Å²) in [5.41, 5.74) is 1.54. The standard InChI is InChI=1S/C18H15FN2O4/c1-25-18(24)10-3-2-4-12(7-10)20-17(23)14-9-16(22)21-15-8-11(19)5-6-13(14)15/h2-8,14H,9H2,1H3,(H,20,23)(H,21,22)/t14-/m1/s1. The first-order valence-electron chi connectivity index (χ1n) is 7.56. The third kappa shape index (κ3) is 3.50. The maximum absolute atomic E-state index is 13.4. The molecule has 2 aromatic rings. The van der Waals surface area contributed by atoms with Crippen LogP contribution in [0.3, 0.4) is 0 Å². The maximum atomic E-state index is 13.4. The number of hydrogen-bond acceptors (Lipinski definition) is 4. The van der Waals surface area contributed by atoms with Gasteiger partial charge in [-0.3, -0.25) is 9.59 Å². The van der Waals surface area contributed by atoms with Crippen LogP contribution >= 0.6 is 0 Å². The molecule has 1 aliphatic heterocycles. The SMILES string of the molecule is COC(=O)c1cccc(NC(=O)[C@@H]2CC(=O)Nc3cc(F)ccc32)c1. The molecule has 0 spiro atoms. The number of hydrogen-bond donors (Lipinski definition) is 2. The molecule has 2 aromatic carbocycles. The van der Waals surface area contributed by atoms with Gasteiger partial charge in [0.15, 0.2) is 0 Å². The zero-order valence-corrected chi connectivity index (χ0v) is 13.3. The number of carbonyl (C=O) groups is 3. The molecule has 25 heavy (non-hydrogen) atoms. The number of carbonyl (C=O) groups excluding carboxylic acids is 3. The summed E-state index contributed by atoms with van der Waals surface area (Å²) in [6.07, 6.45) is -0.0405. The lowest BCUT2D eigenvalue weighted by Gasteiger charge is -2.25. The normalized spacial score (nSPS) is 15.8. The number of halogens is 1. The number of methoxy groups -OCH3 is 1. The van der Waals surface area contributed by atoms with Gasteiger partial charge in [-0.25, -0.2) is 9.18 Å². The molecular formula is C18H15FN2O4. The van der Waals surface area contributed by atoms with Gasteiger partial charge in [0.25, 0.3) is 0 Å². The first-order chi connectivity index (χ1) is 12.0. The fourth-order valence-electron chi connectivity index (χ4n) is 2.74. The number of anilines is 2. The largest absolute Gasteiger partial charge is 0.465 e. The van der Waals surface area contributed by atoms with Crippen molar-refractivity contribution in [3.63, 3.8) is 0 Å². The topological polar surface area (TPSA) is 84.5 Å². The lowest BCUT2D eigenvalue weighted by Crippen LogP contribution is -2.30. The van der Waals surface area contributed by atoms with E-state index in [0.29, 0.717) is 22.5 Å². The summed E-state index contributed by atoms with van der Waals surface area (Å²) in [4.78, 5) is 36.0. The van der Waals surface area contributed by atoms with Crippen molar-refractivity contribution in [1.29, 1.82) is 0 Å². The van der Waals surface area contributed by atoms with Gasteiger partial charge >= 0.3 is 5.97 Å². The summed E-state index contributed by atoms with van der Waals surface area (Å²) >= 11 is 0. The molecule has 7 heteroatoms. The summed E-state index contributed by atoms with van der Waals surface area (Å²) in [7, 11) is 1.27. The van der Waals surface area contributed by atoms with Crippen molar-refractivity contribution in [2.24, 2.45) is 0 Å². The quantitative estimate of drug-likeness (QED) is 0.840.